The standard InChI is InChI=1S/C21H34O2/c1-3-21(23)13-10-17-16-8-7-15-6-4-5-11-20(15,14-22)18(16)9-12-19(17,21)2/h3,15-18,22-23H,1,4-14H2,2H3/t15?,16-,17-,18-,19-,20+,21+/m0/s1. The third-order valence-electron chi connectivity index (χ3n) is 9.13. The van der Waals surface area contributed by atoms with Gasteiger partial charge in [0.15, 0.2) is 0 Å². The molecule has 0 saturated heterocycles. The summed E-state index contributed by atoms with van der Waals surface area (Å²) in [5, 5.41) is 21.5. The Morgan fingerprint density at radius 1 is 1.00 bits per heavy atom. The van der Waals surface area contributed by atoms with Crippen molar-refractivity contribution in [1.29, 1.82) is 0 Å². The van der Waals surface area contributed by atoms with Crippen LogP contribution in [0.5, 0.6) is 0 Å². The van der Waals surface area contributed by atoms with E-state index in [4.69, 9.17) is 0 Å². The summed E-state index contributed by atoms with van der Waals surface area (Å²) in [7, 11) is 0. The van der Waals surface area contributed by atoms with Crippen molar-refractivity contribution >= 4 is 0 Å². The number of fused-ring (bicyclic) bond motifs is 5. The summed E-state index contributed by atoms with van der Waals surface area (Å²) in [6.45, 7) is 6.68. The molecule has 0 heterocycles. The zero-order valence-electron chi connectivity index (χ0n) is 14.8. The van der Waals surface area contributed by atoms with Gasteiger partial charge in [-0.05, 0) is 80.5 Å². The predicted molar refractivity (Wildman–Crippen MR) is 92.9 cm³/mol. The lowest BCUT2D eigenvalue weighted by molar-refractivity contribution is -0.156. The number of hydrogen-bond donors (Lipinski definition) is 2. The Morgan fingerprint density at radius 2 is 1.78 bits per heavy atom. The molecule has 0 spiro atoms. The van der Waals surface area contributed by atoms with E-state index in [1.165, 1.54) is 44.9 Å². The SMILES string of the molecule is C=C[C@@]1(O)CC[C@H]2[C@@H]3CCC4CCCC[C@]4(CO)[C@H]3CC[C@@]21C. The van der Waals surface area contributed by atoms with Crippen LogP contribution in [0, 0.1) is 34.5 Å². The maximum absolute atomic E-state index is 11.1. The highest BCUT2D eigenvalue weighted by molar-refractivity contribution is 5.19. The summed E-state index contributed by atoms with van der Waals surface area (Å²) in [6.07, 6.45) is 14.0. The van der Waals surface area contributed by atoms with Gasteiger partial charge in [-0.2, -0.15) is 0 Å². The van der Waals surface area contributed by atoms with Gasteiger partial charge in [0.1, 0.15) is 0 Å². The molecule has 7 atom stereocenters. The van der Waals surface area contributed by atoms with Gasteiger partial charge in [0.25, 0.3) is 0 Å². The lowest BCUT2D eigenvalue weighted by Gasteiger charge is -2.61. The van der Waals surface area contributed by atoms with E-state index in [1.807, 2.05) is 6.08 Å². The third kappa shape index (κ3) is 1.94. The fraction of sp³-hybridized carbons (Fsp3) is 0.905. The Bertz CT molecular complexity index is 488. The van der Waals surface area contributed by atoms with Crippen LogP contribution in [0.4, 0.5) is 0 Å². The summed E-state index contributed by atoms with van der Waals surface area (Å²) < 4.78 is 0. The molecule has 4 aliphatic rings. The molecule has 0 radical (unpaired) electrons. The Labute approximate surface area is 141 Å². The van der Waals surface area contributed by atoms with Crippen molar-refractivity contribution in [3.05, 3.63) is 12.7 Å². The molecule has 4 aliphatic carbocycles. The lowest BCUT2D eigenvalue weighted by Crippen LogP contribution is -2.57. The second kappa shape index (κ2) is 5.33. The Balaban J connectivity index is 1.68. The number of rotatable bonds is 2. The van der Waals surface area contributed by atoms with Crippen LogP contribution >= 0.6 is 0 Å². The van der Waals surface area contributed by atoms with Gasteiger partial charge in [-0.25, -0.2) is 0 Å². The van der Waals surface area contributed by atoms with Gasteiger partial charge >= 0.3 is 0 Å². The topological polar surface area (TPSA) is 40.5 Å². The van der Waals surface area contributed by atoms with Gasteiger partial charge in [0.2, 0.25) is 0 Å². The molecule has 0 aliphatic heterocycles. The van der Waals surface area contributed by atoms with Gasteiger partial charge in [-0.15, -0.1) is 6.58 Å². The molecule has 2 N–H and O–H groups in total. The molecule has 0 aromatic heterocycles. The molecule has 0 aromatic carbocycles. The summed E-state index contributed by atoms with van der Waals surface area (Å²) in [6, 6.07) is 0. The summed E-state index contributed by atoms with van der Waals surface area (Å²) in [5.41, 5.74) is -0.454. The smallest absolute Gasteiger partial charge is 0.0881 e. The quantitative estimate of drug-likeness (QED) is 0.745. The minimum absolute atomic E-state index is 0.00800. The summed E-state index contributed by atoms with van der Waals surface area (Å²) in [5.74, 6) is 2.78. The first-order valence-electron chi connectivity index (χ1n) is 9.97. The van der Waals surface area contributed by atoms with Crippen LogP contribution in [0.1, 0.15) is 71.1 Å². The van der Waals surface area contributed by atoms with Crippen molar-refractivity contribution in [1.82, 2.24) is 0 Å². The molecule has 4 saturated carbocycles. The van der Waals surface area contributed by atoms with Crippen molar-refractivity contribution in [2.75, 3.05) is 6.61 Å². The van der Waals surface area contributed by atoms with Crippen LogP contribution in [0.25, 0.3) is 0 Å². The van der Waals surface area contributed by atoms with Crippen molar-refractivity contribution < 1.29 is 10.2 Å². The van der Waals surface area contributed by atoms with Crippen molar-refractivity contribution in [2.45, 2.75) is 76.7 Å². The highest BCUT2D eigenvalue weighted by atomic mass is 16.3. The summed E-state index contributed by atoms with van der Waals surface area (Å²) in [4.78, 5) is 0. The first-order chi connectivity index (χ1) is 11.0. The van der Waals surface area contributed by atoms with Crippen molar-refractivity contribution in [3.8, 4) is 0 Å². The van der Waals surface area contributed by atoms with E-state index in [0.717, 1.165) is 25.2 Å². The second-order valence-electron chi connectivity index (χ2n) is 9.41. The normalized spacial score (nSPS) is 55.6. The van der Waals surface area contributed by atoms with Crippen LogP contribution in [-0.4, -0.2) is 22.4 Å². The van der Waals surface area contributed by atoms with Crippen LogP contribution in [-0.2, 0) is 0 Å². The fourth-order valence-corrected chi connectivity index (χ4v) is 7.77. The molecular formula is C21H34O2. The minimum atomic E-state index is -0.668. The number of hydrogen-bond acceptors (Lipinski definition) is 2. The monoisotopic (exact) mass is 318 g/mol. The molecular weight excluding hydrogens is 284 g/mol. The average Bonchev–Trinajstić information content (AvgIpc) is 2.86. The fourth-order valence-electron chi connectivity index (χ4n) is 7.77. The summed E-state index contributed by atoms with van der Waals surface area (Å²) >= 11 is 0. The molecule has 0 bridgehead atoms. The molecule has 4 fully saturated rings. The minimum Gasteiger partial charge on any atom is -0.396 e. The lowest BCUT2D eigenvalue weighted by atomic mass is 9.44. The number of aliphatic hydroxyl groups is 2. The van der Waals surface area contributed by atoms with E-state index in [9.17, 15) is 10.2 Å². The van der Waals surface area contributed by atoms with E-state index in [0.29, 0.717) is 24.4 Å². The third-order valence-corrected chi connectivity index (χ3v) is 9.13. The Morgan fingerprint density at radius 3 is 2.52 bits per heavy atom. The highest BCUT2D eigenvalue weighted by Gasteiger charge is 2.64. The van der Waals surface area contributed by atoms with Crippen LogP contribution < -0.4 is 0 Å². The van der Waals surface area contributed by atoms with Gasteiger partial charge in [-0.3, -0.25) is 0 Å². The van der Waals surface area contributed by atoms with Crippen LogP contribution in [0.3, 0.4) is 0 Å². The molecule has 2 nitrogen and oxygen atoms in total. The predicted octanol–water partition coefficient (Wildman–Crippen LogP) is 4.31. The molecule has 1 unspecified atom stereocenters. The van der Waals surface area contributed by atoms with Gasteiger partial charge in [-0.1, -0.05) is 25.8 Å². The van der Waals surface area contributed by atoms with Crippen LogP contribution in [0.2, 0.25) is 0 Å². The first-order valence-corrected chi connectivity index (χ1v) is 9.97. The molecule has 4 rings (SSSR count). The van der Waals surface area contributed by atoms with Gasteiger partial charge in [0.05, 0.1) is 5.60 Å². The second-order valence-corrected chi connectivity index (χ2v) is 9.41. The van der Waals surface area contributed by atoms with E-state index >= 15 is 0 Å². The highest BCUT2D eigenvalue weighted by Crippen LogP contribution is 2.68. The van der Waals surface area contributed by atoms with E-state index in [2.05, 4.69) is 13.5 Å². The maximum atomic E-state index is 11.1. The molecule has 23 heavy (non-hydrogen) atoms. The molecule has 130 valence electrons. The van der Waals surface area contributed by atoms with E-state index in [-0.39, 0.29) is 10.8 Å². The molecule has 2 heteroatoms. The molecule has 0 amide bonds. The number of aliphatic hydroxyl groups excluding tert-OH is 1. The van der Waals surface area contributed by atoms with Crippen molar-refractivity contribution in [2.24, 2.45) is 34.5 Å². The largest absolute Gasteiger partial charge is 0.396 e. The van der Waals surface area contributed by atoms with Crippen LogP contribution in [0.15, 0.2) is 12.7 Å². The first kappa shape index (κ1) is 16.1. The zero-order valence-corrected chi connectivity index (χ0v) is 14.8. The van der Waals surface area contributed by atoms with Gasteiger partial charge in [0, 0.05) is 12.0 Å². The van der Waals surface area contributed by atoms with E-state index < -0.39 is 5.60 Å². The Hall–Kier alpha value is -0.340. The average molecular weight is 319 g/mol. The van der Waals surface area contributed by atoms with E-state index in [1.54, 1.807) is 0 Å². The Kier molecular flexibility index (Phi) is 3.74. The van der Waals surface area contributed by atoms with Gasteiger partial charge < -0.3 is 10.2 Å². The van der Waals surface area contributed by atoms with Crippen molar-refractivity contribution in [3.63, 3.8) is 0 Å². The zero-order chi connectivity index (χ0) is 16.3. The molecule has 0 aromatic rings. The maximum Gasteiger partial charge on any atom is 0.0881 e.